The maximum absolute atomic E-state index is 12.2. The second kappa shape index (κ2) is 12.1. The quantitative estimate of drug-likeness (QED) is 0.416. The summed E-state index contributed by atoms with van der Waals surface area (Å²) < 4.78 is 36.4. The monoisotopic (exact) mass is 488 g/mol. The molecular weight excluding hydrogens is 460 g/mol. The van der Waals surface area contributed by atoms with Crippen molar-refractivity contribution in [3.63, 3.8) is 0 Å². The van der Waals surface area contributed by atoms with E-state index in [1.807, 2.05) is 0 Å². The van der Waals surface area contributed by atoms with Gasteiger partial charge in [0, 0.05) is 37.0 Å². The average molecular weight is 489 g/mol. The van der Waals surface area contributed by atoms with Crippen LogP contribution in [-0.4, -0.2) is 53.1 Å². The molecule has 182 valence electrons. The summed E-state index contributed by atoms with van der Waals surface area (Å²) in [6, 6.07) is 13.5. The van der Waals surface area contributed by atoms with Crippen molar-refractivity contribution in [2.24, 2.45) is 4.99 Å². The summed E-state index contributed by atoms with van der Waals surface area (Å²) in [6.07, 6.45) is 1.91. The Labute approximate surface area is 198 Å². The van der Waals surface area contributed by atoms with Crippen LogP contribution < -0.4 is 15.4 Å². The van der Waals surface area contributed by atoms with E-state index in [-0.39, 0.29) is 17.4 Å². The number of nitrogens with zero attached hydrogens (tertiary/aromatic N) is 1. The number of amides is 2. The van der Waals surface area contributed by atoms with Crippen molar-refractivity contribution in [2.75, 3.05) is 37.5 Å². The molecule has 1 aliphatic rings. The fourth-order valence-electron chi connectivity index (χ4n) is 3.29. The summed E-state index contributed by atoms with van der Waals surface area (Å²) in [5.41, 5.74) is 1.66. The highest BCUT2D eigenvalue weighted by Crippen LogP contribution is 2.22. The maximum Gasteiger partial charge on any atom is 0.411 e. The molecule has 0 bridgehead atoms. The zero-order chi connectivity index (χ0) is 24.4. The lowest BCUT2D eigenvalue weighted by Gasteiger charge is -2.09. The molecular formula is C23H28N4O6S. The Morgan fingerprint density at radius 1 is 0.971 bits per heavy atom. The number of carbonyl (C=O) groups excluding carboxylic acids is 2. The highest BCUT2D eigenvalue weighted by atomic mass is 32.2. The maximum atomic E-state index is 12.2. The van der Waals surface area contributed by atoms with Gasteiger partial charge in [0.05, 0.1) is 11.5 Å². The molecule has 0 radical (unpaired) electrons. The van der Waals surface area contributed by atoms with Crippen LogP contribution in [0.1, 0.15) is 31.2 Å². The topological polar surface area (TPSA) is 135 Å². The number of carbonyl (C=O) groups is 2. The number of benzene rings is 2. The summed E-state index contributed by atoms with van der Waals surface area (Å²) >= 11 is 0. The second-order valence-corrected chi connectivity index (χ2v) is 9.18. The molecule has 0 unspecified atom stereocenters. The van der Waals surface area contributed by atoms with E-state index in [0.29, 0.717) is 48.8 Å². The van der Waals surface area contributed by atoms with E-state index in [1.165, 1.54) is 7.11 Å². The predicted molar refractivity (Wildman–Crippen MR) is 129 cm³/mol. The number of unbranched alkanes of at least 4 members (excludes halogenated alkanes) is 2. The summed E-state index contributed by atoms with van der Waals surface area (Å²) in [5.74, 6) is 0.230. The number of aliphatic imine (C=N–C) groups is 1. The van der Waals surface area contributed by atoms with Gasteiger partial charge in [-0.3, -0.25) is 19.8 Å². The number of amidine groups is 1. The first-order chi connectivity index (χ1) is 16.4. The van der Waals surface area contributed by atoms with Gasteiger partial charge in [-0.1, -0.05) is 24.6 Å². The highest BCUT2D eigenvalue weighted by molar-refractivity contribution is 7.90. The first-order valence-corrected chi connectivity index (χ1v) is 12.4. The lowest BCUT2D eigenvalue weighted by Crippen LogP contribution is -2.22. The first kappa shape index (κ1) is 25.2. The number of methoxy groups -OCH3 is 1. The van der Waals surface area contributed by atoms with Gasteiger partial charge in [0.25, 0.3) is 10.0 Å². The lowest BCUT2D eigenvalue weighted by atomic mass is 10.1. The Hall–Kier alpha value is -3.44. The number of ether oxygens (including phenoxy) is 2. The van der Waals surface area contributed by atoms with Crippen LogP contribution in [0, 0.1) is 0 Å². The number of nitrogens with one attached hydrogen (secondary N) is 3. The molecule has 0 atom stereocenters. The summed E-state index contributed by atoms with van der Waals surface area (Å²) in [7, 11) is -2.01. The van der Waals surface area contributed by atoms with Crippen molar-refractivity contribution in [3.05, 3.63) is 54.1 Å². The van der Waals surface area contributed by atoms with Gasteiger partial charge in [0.2, 0.25) is 5.91 Å². The van der Waals surface area contributed by atoms with Gasteiger partial charge in [-0.25, -0.2) is 13.2 Å². The van der Waals surface area contributed by atoms with Gasteiger partial charge in [-0.05, 0) is 43.2 Å². The third-order valence-electron chi connectivity index (χ3n) is 4.91. The van der Waals surface area contributed by atoms with Crippen LogP contribution in [0.3, 0.4) is 0 Å². The van der Waals surface area contributed by atoms with Gasteiger partial charge in [-0.15, -0.1) is 0 Å². The Morgan fingerprint density at radius 2 is 1.74 bits per heavy atom. The fourth-order valence-corrected chi connectivity index (χ4v) is 4.54. The number of fused-ring (bicyclic) bond motifs is 1. The van der Waals surface area contributed by atoms with E-state index < -0.39 is 16.1 Å². The molecule has 0 aromatic heterocycles. The number of hydrogen-bond acceptors (Lipinski definition) is 7. The van der Waals surface area contributed by atoms with Crippen molar-refractivity contribution >= 4 is 39.2 Å². The SMILES string of the molecule is COCCOC(=O)Nc1cccc(NC(=O)CCCCCN=C2NS(=O)(=O)c3ccccc32)c1. The highest BCUT2D eigenvalue weighted by Gasteiger charge is 2.29. The van der Waals surface area contributed by atoms with E-state index in [2.05, 4.69) is 20.3 Å². The Balaban J connectivity index is 1.37. The van der Waals surface area contributed by atoms with Crippen LogP contribution in [-0.2, 0) is 24.3 Å². The smallest absolute Gasteiger partial charge is 0.411 e. The van der Waals surface area contributed by atoms with Crippen molar-refractivity contribution in [1.82, 2.24) is 4.72 Å². The van der Waals surface area contributed by atoms with Gasteiger partial charge in [0.15, 0.2) is 0 Å². The van der Waals surface area contributed by atoms with Crippen LogP contribution in [0.15, 0.2) is 58.4 Å². The van der Waals surface area contributed by atoms with Crippen LogP contribution in [0.5, 0.6) is 0 Å². The fraction of sp³-hybridized carbons (Fsp3) is 0.348. The van der Waals surface area contributed by atoms with Crippen molar-refractivity contribution in [2.45, 2.75) is 30.6 Å². The molecule has 0 spiro atoms. The molecule has 2 aromatic rings. The Bertz CT molecular complexity index is 1150. The molecule has 2 aromatic carbocycles. The molecule has 1 heterocycles. The van der Waals surface area contributed by atoms with Crippen LogP contribution >= 0.6 is 0 Å². The van der Waals surface area contributed by atoms with Crippen LogP contribution in [0.25, 0.3) is 0 Å². The van der Waals surface area contributed by atoms with E-state index in [0.717, 1.165) is 12.8 Å². The van der Waals surface area contributed by atoms with Gasteiger partial charge >= 0.3 is 6.09 Å². The molecule has 34 heavy (non-hydrogen) atoms. The Morgan fingerprint density at radius 3 is 2.53 bits per heavy atom. The zero-order valence-electron chi connectivity index (χ0n) is 18.9. The van der Waals surface area contributed by atoms with Crippen LogP contribution in [0.4, 0.5) is 16.2 Å². The third kappa shape index (κ3) is 7.29. The minimum atomic E-state index is -3.53. The molecule has 0 fully saturated rings. The average Bonchev–Trinajstić information content (AvgIpc) is 3.07. The molecule has 1 aliphatic heterocycles. The van der Waals surface area contributed by atoms with Gasteiger partial charge in [0.1, 0.15) is 12.4 Å². The van der Waals surface area contributed by atoms with Crippen LogP contribution in [0.2, 0.25) is 0 Å². The van der Waals surface area contributed by atoms with Crippen molar-refractivity contribution in [3.8, 4) is 0 Å². The minimum absolute atomic E-state index is 0.136. The first-order valence-electron chi connectivity index (χ1n) is 10.9. The molecule has 3 N–H and O–H groups in total. The van der Waals surface area contributed by atoms with Gasteiger partial charge < -0.3 is 14.8 Å². The minimum Gasteiger partial charge on any atom is -0.447 e. The number of hydrogen-bond donors (Lipinski definition) is 3. The van der Waals surface area contributed by atoms with Crippen molar-refractivity contribution < 1.29 is 27.5 Å². The Kier molecular flexibility index (Phi) is 9.00. The lowest BCUT2D eigenvalue weighted by molar-refractivity contribution is -0.116. The summed E-state index contributed by atoms with van der Waals surface area (Å²) in [4.78, 5) is 28.6. The number of anilines is 2. The summed E-state index contributed by atoms with van der Waals surface area (Å²) in [6.45, 7) is 0.917. The number of rotatable bonds is 11. The largest absolute Gasteiger partial charge is 0.447 e. The molecule has 2 amide bonds. The van der Waals surface area contributed by atoms with Crippen molar-refractivity contribution in [1.29, 1.82) is 0 Å². The molecule has 11 heteroatoms. The predicted octanol–water partition coefficient (Wildman–Crippen LogP) is 3.12. The molecule has 0 saturated carbocycles. The summed E-state index contributed by atoms with van der Waals surface area (Å²) in [5, 5.41) is 5.40. The molecule has 10 nitrogen and oxygen atoms in total. The standard InChI is InChI=1S/C23H28N4O6S/c1-32-14-15-33-23(29)26-18-9-7-8-17(16-18)25-21(28)12-3-2-6-13-24-22-19-10-4-5-11-20(19)34(30,31)27-22/h4-5,7-11,16H,2-3,6,12-15H2,1H3,(H,24,27)(H,25,28)(H,26,29). The van der Waals surface area contributed by atoms with E-state index in [9.17, 15) is 18.0 Å². The second-order valence-electron chi connectivity index (χ2n) is 7.53. The van der Waals surface area contributed by atoms with E-state index in [1.54, 1.807) is 48.5 Å². The van der Waals surface area contributed by atoms with E-state index in [4.69, 9.17) is 9.47 Å². The number of sulfonamides is 1. The van der Waals surface area contributed by atoms with E-state index >= 15 is 0 Å². The normalized spacial score (nSPS) is 14.8. The molecule has 3 rings (SSSR count). The molecule has 0 aliphatic carbocycles. The molecule has 0 saturated heterocycles. The van der Waals surface area contributed by atoms with Gasteiger partial charge in [-0.2, -0.15) is 0 Å². The third-order valence-corrected chi connectivity index (χ3v) is 6.31. The zero-order valence-corrected chi connectivity index (χ0v) is 19.7.